The van der Waals surface area contributed by atoms with Crippen molar-refractivity contribution in [2.24, 2.45) is 17.3 Å². The van der Waals surface area contributed by atoms with E-state index in [2.05, 4.69) is 14.9 Å². The molecule has 2 saturated heterocycles. The Morgan fingerprint density at radius 2 is 1.90 bits per heavy atom. The van der Waals surface area contributed by atoms with E-state index >= 15 is 0 Å². The fraction of sp³-hybridized carbons (Fsp3) is 0.500. The Morgan fingerprint density at radius 3 is 2.56 bits per heavy atom. The van der Waals surface area contributed by atoms with Crippen molar-refractivity contribution in [3.05, 3.63) is 46.1 Å². The standard InChI is InChI=1S/C28H29F3N4O3S/c1-14-9-20(28(29,30)31)33-23(18(14)10-15-12-34(4)7-8-38-15)17-5-6-32-19-11-16(39-24(17)19)13-35-25(36)21-22(26(35)37)27(21,2)3/h5-6,9,11,15,21-22H,7-8,10,12-13H2,1-4H3. The van der Waals surface area contributed by atoms with Gasteiger partial charge < -0.3 is 9.64 Å². The maximum absolute atomic E-state index is 13.8. The van der Waals surface area contributed by atoms with Gasteiger partial charge >= 0.3 is 6.18 Å². The van der Waals surface area contributed by atoms with Gasteiger partial charge in [-0.05, 0) is 48.7 Å². The predicted molar refractivity (Wildman–Crippen MR) is 140 cm³/mol. The molecule has 206 valence electrons. The lowest BCUT2D eigenvalue weighted by Gasteiger charge is -2.31. The van der Waals surface area contributed by atoms with Gasteiger partial charge in [0.05, 0.1) is 47.0 Å². The Labute approximate surface area is 228 Å². The predicted octanol–water partition coefficient (Wildman–Crippen LogP) is 4.70. The van der Waals surface area contributed by atoms with Crippen LogP contribution in [0, 0.1) is 24.2 Å². The van der Waals surface area contributed by atoms with Gasteiger partial charge in [-0.15, -0.1) is 11.3 Å². The summed E-state index contributed by atoms with van der Waals surface area (Å²) in [6.07, 6.45) is -2.78. The SMILES string of the molecule is Cc1cc(C(F)(F)F)nc(-c2ccnc3cc(CN4C(=O)C5C(C4=O)C5(C)C)sc23)c1CC1CN(C)CCO1. The molecule has 3 atom stereocenters. The number of ether oxygens (including phenoxy) is 1. The number of thiophene rings is 1. The molecule has 2 aliphatic heterocycles. The molecule has 0 bridgehead atoms. The third-order valence-corrected chi connectivity index (χ3v) is 9.48. The average molecular weight is 559 g/mol. The number of likely N-dealkylation sites (tertiary alicyclic amines) is 1. The molecule has 0 radical (unpaired) electrons. The van der Waals surface area contributed by atoms with Crippen molar-refractivity contribution < 1.29 is 27.5 Å². The normalized spacial score (nSPS) is 25.0. The Morgan fingerprint density at radius 1 is 1.18 bits per heavy atom. The lowest BCUT2D eigenvalue weighted by Crippen LogP contribution is -2.41. The molecule has 3 aliphatic rings. The van der Waals surface area contributed by atoms with Crippen LogP contribution in [-0.2, 0) is 33.5 Å². The number of amides is 2. The number of imide groups is 1. The van der Waals surface area contributed by atoms with E-state index in [1.165, 1.54) is 16.2 Å². The maximum Gasteiger partial charge on any atom is 0.433 e. The van der Waals surface area contributed by atoms with Crippen LogP contribution in [0.15, 0.2) is 24.4 Å². The monoisotopic (exact) mass is 558 g/mol. The molecule has 1 saturated carbocycles. The number of carbonyl (C=O) groups excluding carboxylic acids is 2. The average Bonchev–Trinajstić information content (AvgIpc) is 3.09. The number of aromatic nitrogens is 2. The maximum atomic E-state index is 13.8. The molecule has 7 nitrogen and oxygen atoms in total. The van der Waals surface area contributed by atoms with Crippen molar-refractivity contribution in [2.45, 2.75) is 46.0 Å². The first kappa shape index (κ1) is 26.3. The Balaban J connectivity index is 1.39. The van der Waals surface area contributed by atoms with Crippen molar-refractivity contribution in [1.82, 2.24) is 19.8 Å². The Bertz CT molecular complexity index is 1480. The number of morpholine rings is 1. The summed E-state index contributed by atoms with van der Waals surface area (Å²) >= 11 is 1.33. The smallest absolute Gasteiger partial charge is 0.375 e. The fourth-order valence-corrected chi connectivity index (χ4v) is 7.23. The van der Waals surface area contributed by atoms with Gasteiger partial charge in [0.1, 0.15) is 5.69 Å². The van der Waals surface area contributed by atoms with Crippen molar-refractivity contribution in [2.75, 3.05) is 26.7 Å². The highest BCUT2D eigenvalue weighted by Crippen LogP contribution is 2.63. The quantitative estimate of drug-likeness (QED) is 0.423. The van der Waals surface area contributed by atoms with Gasteiger partial charge in [-0.1, -0.05) is 13.8 Å². The van der Waals surface area contributed by atoms with Gasteiger partial charge in [0.25, 0.3) is 0 Å². The summed E-state index contributed by atoms with van der Waals surface area (Å²) in [5.41, 5.74) is 1.37. The number of likely N-dealkylation sites (N-methyl/N-ethyl adjacent to an activating group) is 1. The van der Waals surface area contributed by atoms with E-state index in [1.807, 2.05) is 20.9 Å². The zero-order chi connectivity index (χ0) is 27.9. The third kappa shape index (κ3) is 4.44. The largest absolute Gasteiger partial charge is 0.433 e. The van der Waals surface area contributed by atoms with Crippen molar-refractivity contribution in [3.63, 3.8) is 0 Å². The number of hydrogen-bond donors (Lipinski definition) is 0. The van der Waals surface area contributed by atoms with Crippen LogP contribution in [0.25, 0.3) is 21.5 Å². The number of carbonyl (C=O) groups is 2. The van der Waals surface area contributed by atoms with E-state index < -0.39 is 11.9 Å². The molecule has 0 spiro atoms. The second-order valence-electron chi connectivity index (χ2n) is 11.4. The van der Waals surface area contributed by atoms with Crippen molar-refractivity contribution in [1.29, 1.82) is 0 Å². The summed E-state index contributed by atoms with van der Waals surface area (Å²) in [5, 5.41) is 0. The molecule has 6 rings (SSSR count). The van der Waals surface area contributed by atoms with Crippen LogP contribution < -0.4 is 0 Å². The summed E-state index contributed by atoms with van der Waals surface area (Å²) in [6.45, 7) is 7.71. The minimum Gasteiger partial charge on any atom is -0.375 e. The molecule has 11 heteroatoms. The Kier molecular flexibility index (Phi) is 6.13. The highest BCUT2D eigenvalue weighted by molar-refractivity contribution is 7.19. The Hall–Kier alpha value is -2.89. The highest BCUT2D eigenvalue weighted by atomic mass is 32.1. The summed E-state index contributed by atoms with van der Waals surface area (Å²) in [4.78, 5) is 38.5. The number of hydrogen-bond acceptors (Lipinski definition) is 7. The van der Waals surface area contributed by atoms with E-state index in [-0.39, 0.29) is 47.4 Å². The molecule has 3 aromatic rings. The first-order valence-corrected chi connectivity index (χ1v) is 13.8. The molecule has 5 heterocycles. The zero-order valence-corrected chi connectivity index (χ0v) is 22.9. The molecule has 3 fully saturated rings. The van der Waals surface area contributed by atoms with Gasteiger partial charge in [0, 0.05) is 36.1 Å². The molecule has 1 aliphatic carbocycles. The molecule has 3 unspecified atom stereocenters. The minimum absolute atomic E-state index is 0.130. The van der Waals surface area contributed by atoms with Gasteiger partial charge in [-0.2, -0.15) is 13.2 Å². The summed E-state index contributed by atoms with van der Waals surface area (Å²) < 4.78 is 48.1. The molecule has 0 N–H and O–H groups in total. The van der Waals surface area contributed by atoms with E-state index in [0.717, 1.165) is 17.5 Å². The minimum atomic E-state index is -4.60. The topological polar surface area (TPSA) is 75.6 Å². The highest BCUT2D eigenvalue weighted by Gasteiger charge is 2.72. The van der Waals surface area contributed by atoms with Crippen LogP contribution in [0.2, 0.25) is 0 Å². The molecular weight excluding hydrogens is 529 g/mol. The van der Waals surface area contributed by atoms with Crippen LogP contribution in [0.1, 0.15) is 35.5 Å². The number of nitrogens with zero attached hydrogens (tertiary/aromatic N) is 4. The number of rotatable bonds is 5. The summed E-state index contributed by atoms with van der Waals surface area (Å²) in [7, 11) is 1.99. The molecule has 3 aromatic heterocycles. The molecule has 0 aromatic carbocycles. The van der Waals surface area contributed by atoms with Crippen LogP contribution in [0.5, 0.6) is 0 Å². The van der Waals surface area contributed by atoms with Crippen LogP contribution in [-0.4, -0.2) is 64.4 Å². The lowest BCUT2D eigenvalue weighted by atomic mass is 9.95. The fourth-order valence-electron chi connectivity index (χ4n) is 6.11. The number of pyridine rings is 2. The first-order valence-electron chi connectivity index (χ1n) is 13.0. The van der Waals surface area contributed by atoms with Gasteiger partial charge in [0.2, 0.25) is 11.8 Å². The number of halogens is 3. The van der Waals surface area contributed by atoms with Crippen LogP contribution in [0.4, 0.5) is 13.2 Å². The summed E-state index contributed by atoms with van der Waals surface area (Å²) in [6, 6.07) is 4.59. The van der Waals surface area contributed by atoms with Crippen LogP contribution in [0.3, 0.4) is 0 Å². The van der Waals surface area contributed by atoms with Gasteiger partial charge in [-0.25, -0.2) is 4.98 Å². The van der Waals surface area contributed by atoms with E-state index in [1.54, 1.807) is 25.3 Å². The third-order valence-electron chi connectivity index (χ3n) is 8.33. The van der Waals surface area contributed by atoms with E-state index in [0.29, 0.717) is 46.5 Å². The second-order valence-corrected chi connectivity index (χ2v) is 12.6. The van der Waals surface area contributed by atoms with E-state index in [9.17, 15) is 22.8 Å². The lowest BCUT2D eigenvalue weighted by molar-refractivity contribution is -0.144. The summed E-state index contributed by atoms with van der Waals surface area (Å²) in [5.74, 6) is -0.853. The number of alkyl halides is 3. The van der Waals surface area contributed by atoms with Gasteiger partial charge in [-0.3, -0.25) is 19.5 Å². The molecular formula is C28H29F3N4O3S. The number of piperidine rings is 1. The van der Waals surface area contributed by atoms with Crippen molar-refractivity contribution in [3.8, 4) is 11.3 Å². The molecule has 39 heavy (non-hydrogen) atoms. The number of aryl methyl sites for hydroxylation is 1. The first-order chi connectivity index (χ1) is 18.4. The van der Waals surface area contributed by atoms with Gasteiger partial charge in [0.15, 0.2) is 0 Å². The van der Waals surface area contributed by atoms with Crippen LogP contribution >= 0.6 is 11.3 Å². The van der Waals surface area contributed by atoms with E-state index in [4.69, 9.17) is 4.74 Å². The number of fused-ring (bicyclic) bond motifs is 2. The second kappa shape index (κ2) is 9.07. The zero-order valence-electron chi connectivity index (χ0n) is 22.1. The molecule has 2 amide bonds. The van der Waals surface area contributed by atoms with Crippen molar-refractivity contribution >= 4 is 33.4 Å².